The highest BCUT2D eigenvalue weighted by molar-refractivity contribution is 7.93. The molecule has 1 aromatic heterocycles. The third-order valence-corrected chi connectivity index (χ3v) is 13.0. The first-order valence-electron chi connectivity index (χ1n) is 22.1. The number of aryl methyl sites for hydroxylation is 1. The van der Waals surface area contributed by atoms with Crippen molar-refractivity contribution in [2.45, 2.75) is 147 Å². The van der Waals surface area contributed by atoms with Crippen molar-refractivity contribution >= 4 is 35.7 Å². The molecular weight excluding hydrogens is 836 g/mol. The van der Waals surface area contributed by atoms with Crippen molar-refractivity contribution in [2.75, 3.05) is 52.8 Å². The molecule has 4 heterocycles. The first-order chi connectivity index (χ1) is 29.8. The Kier molecular flexibility index (Phi) is 19.2. The number of unbranched alkanes of at least 4 members (excludes halogenated alkanes) is 1. The highest BCUT2D eigenvalue weighted by Gasteiger charge is 2.58. The van der Waals surface area contributed by atoms with Gasteiger partial charge in [-0.15, -0.1) is 5.10 Å². The topological polar surface area (TPSA) is 219 Å². The first kappa shape index (κ1) is 52.2. The highest BCUT2D eigenvalue weighted by atomic mass is 32.2. The number of aliphatic hydroxyl groups is 1. The molecule has 0 saturated carbocycles. The minimum atomic E-state index is -1.24. The van der Waals surface area contributed by atoms with Crippen molar-refractivity contribution in [1.82, 2.24) is 30.1 Å². The van der Waals surface area contributed by atoms with Crippen LogP contribution in [0.1, 0.15) is 80.6 Å². The molecule has 3 aliphatic rings. The summed E-state index contributed by atoms with van der Waals surface area (Å²) in [6.45, 7) is 14.6. The van der Waals surface area contributed by atoms with Crippen LogP contribution in [0.5, 0.6) is 0 Å². The fourth-order valence-electron chi connectivity index (χ4n) is 9.49. The number of halogens is 1. The number of ketones is 1. The Morgan fingerprint density at radius 2 is 1.81 bits per heavy atom. The molecule has 3 aliphatic heterocycles. The van der Waals surface area contributed by atoms with Gasteiger partial charge < -0.3 is 50.5 Å². The minimum absolute atomic E-state index is 0.0330. The van der Waals surface area contributed by atoms with Crippen molar-refractivity contribution in [3.63, 3.8) is 0 Å². The Hall–Kier alpha value is -3.43. The second-order valence-corrected chi connectivity index (χ2v) is 18.3. The van der Waals surface area contributed by atoms with Crippen LogP contribution < -0.4 is 16.8 Å². The van der Waals surface area contributed by atoms with Crippen LogP contribution in [0, 0.1) is 17.8 Å². The summed E-state index contributed by atoms with van der Waals surface area (Å²) in [5.41, 5.74) is 12.0. The van der Waals surface area contributed by atoms with E-state index in [9.17, 15) is 23.4 Å². The van der Waals surface area contributed by atoms with E-state index >= 15 is 0 Å². The van der Waals surface area contributed by atoms with Crippen molar-refractivity contribution in [2.24, 2.45) is 23.5 Å². The smallest absolute Gasteiger partial charge is 0.410 e. The van der Waals surface area contributed by atoms with Gasteiger partial charge in [-0.2, -0.15) is 3.89 Å². The molecule has 0 bridgehead atoms. The molecule has 2 aromatic rings. The normalized spacial score (nSPS) is 34.6. The first-order valence-corrected chi connectivity index (χ1v) is 23.2. The number of aromatic nitrogens is 3. The summed E-state index contributed by atoms with van der Waals surface area (Å²) < 4.78 is 43.5. The number of aliphatic hydroxyl groups excluding tert-OH is 1. The van der Waals surface area contributed by atoms with E-state index in [2.05, 4.69) is 22.6 Å². The predicted molar refractivity (Wildman–Crippen MR) is 240 cm³/mol. The van der Waals surface area contributed by atoms with E-state index < -0.39 is 71.5 Å². The van der Waals surface area contributed by atoms with Gasteiger partial charge in [0, 0.05) is 74.4 Å². The molecule has 6 N–H and O–H groups in total. The van der Waals surface area contributed by atoms with Crippen LogP contribution >= 0.6 is 12.1 Å². The average molecular weight is 909 g/mol. The zero-order chi connectivity index (χ0) is 46.8. The number of cyclic esters (lactones) is 1. The number of fused-ring (bicyclic) bond motifs is 1. The fraction of sp³-hybridized carbons (Fsp3) is 0.750. The molecule has 3 fully saturated rings. The van der Waals surface area contributed by atoms with Crippen molar-refractivity contribution < 1.29 is 47.1 Å². The van der Waals surface area contributed by atoms with E-state index in [1.54, 1.807) is 23.6 Å². The van der Waals surface area contributed by atoms with Crippen molar-refractivity contribution in [3.8, 4) is 11.3 Å². The standard InChI is InChI=1S/C43H70N8O9.CH3FS/c1-11-34-43(7)37(51(41(55)60-43)18-13-12-17-50-24-32(47-48-50)29-15-14-16-30(45)19-29)28(5)46-23-25(2)21-42(6,56-10)38(26(3)35(52)27(4)39(54)58-34)59-40-36(53)33(49(8)9)20-31(22-44)57-40;1-3-2/h14-16,19,24-28,31,33-34,36-38,40,46,53H,11-13,17-18,20-23,44-45H2,1-10H3;1H3/t25-,26+,27-,28-,31?,33?,34-,36?,37-,38-,40+,42-,43-;/m1./s1. The van der Waals surface area contributed by atoms with Crippen LogP contribution in [-0.2, 0) is 39.8 Å². The molecule has 0 aliphatic carbocycles. The molecule has 356 valence electrons. The van der Waals surface area contributed by atoms with Gasteiger partial charge in [0.15, 0.2) is 17.7 Å². The molecule has 13 atom stereocenters. The highest BCUT2D eigenvalue weighted by Crippen LogP contribution is 2.40. The molecule has 1 amide bonds. The maximum absolute atomic E-state index is 14.4. The van der Waals surface area contributed by atoms with E-state index in [4.69, 9.17) is 35.2 Å². The summed E-state index contributed by atoms with van der Waals surface area (Å²) in [5, 5.41) is 23.8. The molecule has 5 rings (SSSR count). The number of anilines is 1. The van der Waals surface area contributed by atoms with E-state index in [0.717, 1.165) is 11.3 Å². The number of methoxy groups -OCH3 is 1. The molecular formula is C44H73FN8O9S. The Bertz CT molecular complexity index is 1800. The maximum Gasteiger partial charge on any atom is 0.410 e. The second kappa shape index (κ2) is 23.2. The lowest BCUT2D eigenvalue weighted by atomic mass is 9.78. The number of hydrogen-bond donors (Lipinski definition) is 4. The van der Waals surface area contributed by atoms with Gasteiger partial charge in [-0.25, -0.2) is 4.79 Å². The molecule has 19 heteroatoms. The van der Waals surface area contributed by atoms with E-state index in [1.165, 1.54) is 13.2 Å². The van der Waals surface area contributed by atoms with Gasteiger partial charge >= 0.3 is 12.1 Å². The summed E-state index contributed by atoms with van der Waals surface area (Å²) in [7, 11) is 5.32. The van der Waals surface area contributed by atoms with Crippen LogP contribution in [0.25, 0.3) is 11.3 Å². The van der Waals surface area contributed by atoms with E-state index in [-0.39, 0.29) is 42.8 Å². The number of hydrogen-bond acceptors (Lipinski definition) is 16. The Labute approximate surface area is 377 Å². The molecule has 63 heavy (non-hydrogen) atoms. The number of benzene rings is 1. The number of rotatable bonds is 12. The third-order valence-electron chi connectivity index (χ3n) is 13.0. The number of carbonyl (C=O) groups excluding carboxylic acids is 3. The summed E-state index contributed by atoms with van der Waals surface area (Å²) in [5.74, 6) is -3.27. The largest absolute Gasteiger partial charge is 0.458 e. The van der Waals surface area contributed by atoms with Crippen LogP contribution in [0.4, 0.5) is 14.4 Å². The molecule has 0 radical (unpaired) electrons. The van der Waals surface area contributed by atoms with Crippen molar-refractivity contribution in [3.05, 3.63) is 30.5 Å². The fourth-order valence-corrected chi connectivity index (χ4v) is 9.49. The number of nitrogens with two attached hydrogens (primary N) is 2. The van der Waals surface area contributed by atoms with Crippen LogP contribution in [-0.4, -0.2) is 155 Å². The van der Waals surface area contributed by atoms with Gasteiger partial charge in [0.1, 0.15) is 23.8 Å². The number of nitrogen functional groups attached to an aromatic ring is 1. The van der Waals surface area contributed by atoms with E-state index in [0.29, 0.717) is 57.4 Å². The average Bonchev–Trinajstić information content (AvgIpc) is 3.83. The summed E-state index contributed by atoms with van der Waals surface area (Å²) in [6, 6.07) is 6.35. The number of nitrogens with zero attached hydrogens (tertiary/aromatic N) is 5. The van der Waals surface area contributed by atoms with Gasteiger partial charge in [-0.1, -0.05) is 38.1 Å². The summed E-state index contributed by atoms with van der Waals surface area (Å²) in [6.07, 6.45) is 1.06. The van der Waals surface area contributed by atoms with Gasteiger partial charge in [0.05, 0.1) is 30.0 Å². The van der Waals surface area contributed by atoms with Crippen LogP contribution in [0.15, 0.2) is 30.5 Å². The number of Topliss-reactive ketones (excluding diaryl/α,β-unsaturated/α-hetero) is 1. The number of likely N-dealkylation sites (N-methyl/N-ethyl adjacent to an activating group) is 1. The number of ether oxygens (including phenoxy) is 5. The molecule has 3 unspecified atom stereocenters. The SMILES string of the molecule is CC[C@H]1OC(=O)[C@H](C)C(=O)[C@H](C)[C@@H](O[C@@H]2OC(CN)CC(N(C)C)C2O)[C@](C)(OC)C[C@@H](C)CN[C@H](C)[C@H]2N(CCCCn3cc(-c4cccc(N)c4)nn3)C(=O)O[C@]12C.CSF. The quantitative estimate of drug-likeness (QED) is 0.100. The predicted octanol–water partition coefficient (Wildman–Crippen LogP) is 4.46. The van der Waals surface area contributed by atoms with Gasteiger partial charge in [-0.05, 0) is 98.5 Å². The number of carbonyl (C=O) groups is 3. The Morgan fingerprint density at radius 3 is 2.43 bits per heavy atom. The molecule has 0 spiro atoms. The number of esters is 1. The monoisotopic (exact) mass is 909 g/mol. The minimum Gasteiger partial charge on any atom is -0.458 e. The summed E-state index contributed by atoms with van der Waals surface area (Å²) in [4.78, 5) is 45.9. The zero-order valence-corrected chi connectivity index (χ0v) is 39.8. The lowest BCUT2D eigenvalue weighted by Crippen LogP contribution is -2.61. The van der Waals surface area contributed by atoms with Crippen LogP contribution in [0.3, 0.4) is 0 Å². The van der Waals surface area contributed by atoms with Crippen molar-refractivity contribution in [1.29, 1.82) is 0 Å². The Morgan fingerprint density at radius 1 is 1.13 bits per heavy atom. The van der Waals surface area contributed by atoms with Gasteiger partial charge in [0.25, 0.3) is 0 Å². The number of nitrogens with one attached hydrogen (secondary N) is 1. The number of amides is 1. The third kappa shape index (κ3) is 12.5. The molecule has 3 saturated heterocycles. The summed E-state index contributed by atoms with van der Waals surface area (Å²) >= 11 is 0.250. The van der Waals surface area contributed by atoms with Gasteiger partial charge in [-0.3, -0.25) is 19.2 Å². The van der Waals surface area contributed by atoms with E-state index in [1.807, 2.05) is 77.2 Å². The lowest BCUT2D eigenvalue weighted by Gasteiger charge is -2.47. The molecule has 17 nitrogen and oxygen atoms in total. The maximum atomic E-state index is 14.4. The lowest BCUT2D eigenvalue weighted by molar-refractivity contribution is -0.296. The Balaban J connectivity index is 0.00000282. The zero-order valence-electron chi connectivity index (χ0n) is 39.0. The molecule has 1 aromatic carbocycles. The second-order valence-electron chi connectivity index (χ2n) is 18.0. The van der Waals surface area contributed by atoms with Gasteiger partial charge in [0.2, 0.25) is 0 Å². The van der Waals surface area contributed by atoms with Crippen LogP contribution in [0.2, 0.25) is 0 Å².